The molecule has 1 amide bonds. The molecule has 0 aromatic carbocycles. The minimum atomic E-state index is -0.187. The highest BCUT2D eigenvalue weighted by Gasteiger charge is 2.54. The second-order valence-electron chi connectivity index (χ2n) is 7.26. The van der Waals surface area contributed by atoms with Crippen molar-refractivity contribution in [2.45, 2.75) is 25.4 Å². The van der Waals surface area contributed by atoms with Crippen molar-refractivity contribution in [3.63, 3.8) is 0 Å². The van der Waals surface area contributed by atoms with E-state index < -0.39 is 0 Å². The summed E-state index contributed by atoms with van der Waals surface area (Å²) in [5, 5.41) is 7.35. The van der Waals surface area contributed by atoms with Gasteiger partial charge in [0.2, 0.25) is 5.95 Å². The number of nitrogens with zero attached hydrogens (tertiary/aromatic N) is 5. The molecule has 0 unspecified atom stereocenters. The smallest absolute Gasteiger partial charge is 0.257 e. The van der Waals surface area contributed by atoms with E-state index in [4.69, 9.17) is 4.74 Å². The van der Waals surface area contributed by atoms with Crippen LogP contribution in [-0.2, 0) is 11.8 Å². The van der Waals surface area contributed by atoms with E-state index >= 15 is 0 Å². The lowest BCUT2D eigenvalue weighted by molar-refractivity contribution is -0.117. The molecule has 1 N–H and O–H groups in total. The van der Waals surface area contributed by atoms with Gasteiger partial charge >= 0.3 is 0 Å². The van der Waals surface area contributed by atoms with Crippen molar-refractivity contribution in [2.24, 2.45) is 13.0 Å². The van der Waals surface area contributed by atoms with Gasteiger partial charge in [-0.2, -0.15) is 5.10 Å². The first-order chi connectivity index (χ1) is 12.6. The molecule has 2 aromatic heterocycles. The van der Waals surface area contributed by atoms with Crippen LogP contribution >= 0.6 is 0 Å². The van der Waals surface area contributed by atoms with Crippen LogP contribution in [0.2, 0.25) is 0 Å². The molecule has 26 heavy (non-hydrogen) atoms. The Bertz CT molecular complexity index is 781. The second kappa shape index (κ2) is 6.68. The average molecular weight is 356 g/mol. The van der Waals surface area contributed by atoms with Gasteiger partial charge in [0.1, 0.15) is 5.60 Å². The number of carbonyl (C=O) groups excluding carboxylic acids is 1. The lowest BCUT2D eigenvalue weighted by Crippen LogP contribution is -2.66. The Hall–Kier alpha value is -2.48. The summed E-state index contributed by atoms with van der Waals surface area (Å²) in [5.41, 5.74) is 1.50. The number of carbonyl (C=O) groups is 1. The molecule has 2 aliphatic heterocycles. The van der Waals surface area contributed by atoms with Crippen LogP contribution < -0.4 is 5.32 Å². The third-order valence-corrected chi connectivity index (χ3v) is 5.31. The molecule has 4 heterocycles. The van der Waals surface area contributed by atoms with Crippen LogP contribution in [0.4, 0.5) is 5.95 Å². The van der Waals surface area contributed by atoms with Gasteiger partial charge in [-0.3, -0.25) is 9.48 Å². The minimum Gasteiger partial charge on any atom is -0.371 e. The Morgan fingerprint density at radius 3 is 2.81 bits per heavy atom. The predicted octanol–water partition coefficient (Wildman–Crippen LogP) is 1.25. The van der Waals surface area contributed by atoms with Crippen LogP contribution in [0.15, 0.2) is 24.8 Å². The monoisotopic (exact) mass is 356 g/mol. The summed E-state index contributed by atoms with van der Waals surface area (Å²) in [6.07, 6.45) is 9.00. The maximum atomic E-state index is 12.5. The number of likely N-dealkylation sites (tertiary alicyclic amines) is 1. The summed E-state index contributed by atoms with van der Waals surface area (Å²) < 4.78 is 7.70. The minimum absolute atomic E-state index is 0.0316. The summed E-state index contributed by atoms with van der Waals surface area (Å²) >= 11 is 0. The zero-order valence-corrected chi connectivity index (χ0v) is 15.2. The number of aryl methyl sites for hydroxylation is 2. The fourth-order valence-electron chi connectivity index (χ4n) is 3.84. The SMILES string of the molecule is Cc1cnc(NCC[C@@H]2CCOC23CN(C(=O)c2cnn(C)c2)C3)nc1. The summed E-state index contributed by atoms with van der Waals surface area (Å²) in [4.78, 5) is 22.9. The molecule has 0 saturated carbocycles. The molecule has 8 heteroatoms. The average Bonchev–Trinajstić information content (AvgIpc) is 3.21. The zero-order valence-electron chi connectivity index (χ0n) is 15.2. The van der Waals surface area contributed by atoms with Gasteiger partial charge in [-0.1, -0.05) is 0 Å². The number of aromatic nitrogens is 4. The van der Waals surface area contributed by atoms with Crippen LogP contribution in [0.1, 0.15) is 28.8 Å². The maximum Gasteiger partial charge on any atom is 0.257 e. The van der Waals surface area contributed by atoms with Crippen molar-refractivity contribution in [1.82, 2.24) is 24.6 Å². The highest BCUT2D eigenvalue weighted by Crippen LogP contribution is 2.42. The third kappa shape index (κ3) is 3.16. The quantitative estimate of drug-likeness (QED) is 0.868. The predicted molar refractivity (Wildman–Crippen MR) is 95.8 cm³/mol. The van der Waals surface area contributed by atoms with Gasteiger partial charge in [0.05, 0.1) is 24.8 Å². The number of ether oxygens (including phenoxy) is 1. The van der Waals surface area contributed by atoms with Crippen LogP contribution in [0, 0.1) is 12.8 Å². The van der Waals surface area contributed by atoms with E-state index in [2.05, 4.69) is 20.4 Å². The fourth-order valence-corrected chi connectivity index (χ4v) is 3.84. The van der Waals surface area contributed by atoms with Crippen LogP contribution in [0.3, 0.4) is 0 Å². The normalized spacial score (nSPS) is 21.0. The Morgan fingerprint density at radius 2 is 2.12 bits per heavy atom. The standard InChI is InChI=1S/C18H24N6O2/c1-13-7-20-17(21-8-13)19-5-3-15-4-6-26-18(15)11-24(12-18)16(25)14-9-22-23(2)10-14/h7-10,15H,3-6,11-12H2,1-2H3,(H,19,20,21)/t15-/m1/s1. The van der Waals surface area contributed by atoms with Gasteiger partial charge in [0, 0.05) is 38.8 Å². The Balaban J connectivity index is 1.30. The first kappa shape index (κ1) is 17.0. The van der Waals surface area contributed by atoms with Crippen LogP contribution in [-0.4, -0.2) is 62.4 Å². The first-order valence-corrected chi connectivity index (χ1v) is 9.00. The van der Waals surface area contributed by atoms with Gasteiger partial charge in [0.15, 0.2) is 0 Å². The van der Waals surface area contributed by atoms with Crippen molar-refractivity contribution in [3.05, 3.63) is 35.9 Å². The van der Waals surface area contributed by atoms with Gasteiger partial charge in [-0.05, 0) is 31.2 Å². The third-order valence-electron chi connectivity index (χ3n) is 5.31. The molecule has 0 radical (unpaired) electrons. The topological polar surface area (TPSA) is 85.2 Å². The van der Waals surface area contributed by atoms with E-state index in [-0.39, 0.29) is 11.5 Å². The van der Waals surface area contributed by atoms with Gasteiger partial charge < -0.3 is 15.0 Å². The molecule has 0 bridgehead atoms. The molecular formula is C18H24N6O2. The van der Waals surface area contributed by atoms with E-state index in [1.54, 1.807) is 17.1 Å². The molecule has 2 aliphatic rings. The number of amides is 1. The Labute approximate surface area is 152 Å². The van der Waals surface area contributed by atoms with Crippen molar-refractivity contribution in [3.8, 4) is 0 Å². The Morgan fingerprint density at radius 1 is 1.35 bits per heavy atom. The highest BCUT2D eigenvalue weighted by atomic mass is 16.5. The molecule has 2 saturated heterocycles. The van der Waals surface area contributed by atoms with Crippen molar-refractivity contribution >= 4 is 11.9 Å². The zero-order chi connectivity index (χ0) is 18.1. The van der Waals surface area contributed by atoms with E-state index in [1.165, 1.54) is 0 Å². The molecule has 1 atom stereocenters. The largest absolute Gasteiger partial charge is 0.371 e. The lowest BCUT2D eigenvalue weighted by atomic mass is 9.78. The fraction of sp³-hybridized carbons (Fsp3) is 0.556. The highest BCUT2D eigenvalue weighted by molar-refractivity contribution is 5.94. The summed E-state index contributed by atoms with van der Waals surface area (Å²) in [5.74, 6) is 1.13. The molecule has 8 nitrogen and oxygen atoms in total. The molecule has 1 spiro atoms. The van der Waals surface area contributed by atoms with Crippen molar-refractivity contribution in [2.75, 3.05) is 31.6 Å². The summed E-state index contributed by atoms with van der Waals surface area (Å²) in [6, 6.07) is 0. The lowest BCUT2D eigenvalue weighted by Gasteiger charge is -2.50. The number of anilines is 1. The summed E-state index contributed by atoms with van der Waals surface area (Å²) in [6.45, 7) is 4.85. The Kier molecular flexibility index (Phi) is 4.36. The molecule has 2 aromatic rings. The number of hydrogen-bond donors (Lipinski definition) is 1. The van der Waals surface area contributed by atoms with Crippen LogP contribution in [0.5, 0.6) is 0 Å². The van der Waals surface area contributed by atoms with Gasteiger partial charge in [-0.15, -0.1) is 0 Å². The number of rotatable bonds is 5. The van der Waals surface area contributed by atoms with Gasteiger partial charge in [0.25, 0.3) is 5.91 Å². The van der Waals surface area contributed by atoms with Gasteiger partial charge in [-0.25, -0.2) is 9.97 Å². The van der Waals surface area contributed by atoms with Crippen molar-refractivity contribution in [1.29, 1.82) is 0 Å². The van der Waals surface area contributed by atoms with E-state index in [9.17, 15) is 4.79 Å². The molecule has 0 aliphatic carbocycles. The molecular weight excluding hydrogens is 332 g/mol. The first-order valence-electron chi connectivity index (χ1n) is 9.00. The maximum absolute atomic E-state index is 12.5. The van der Waals surface area contributed by atoms with Crippen molar-refractivity contribution < 1.29 is 9.53 Å². The van der Waals surface area contributed by atoms with E-state index in [0.717, 1.165) is 31.6 Å². The molecule has 2 fully saturated rings. The molecule has 4 rings (SSSR count). The summed E-state index contributed by atoms with van der Waals surface area (Å²) in [7, 11) is 1.81. The van der Waals surface area contributed by atoms with E-state index in [0.29, 0.717) is 30.5 Å². The number of hydrogen-bond acceptors (Lipinski definition) is 6. The van der Waals surface area contributed by atoms with E-state index in [1.807, 2.05) is 31.3 Å². The molecule has 138 valence electrons. The van der Waals surface area contributed by atoms with Crippen LogP contribution in [0.25, 0.3) is 0 Å². The number of nitrogens with one attached hydrogen (secondary N) is 1. The second-order valence-corrected chi connectivity index (χ2v) is 7.26.